The van der Waals surface area contributed by atoms with Crippen molar-refractivity contribution in [1.29, 1.82) is 0 Å². The van der Waals surface area contributed by atoms with Crippen molar-refractivity contribution < 1.29 is 23.5 Å². The lowest BCUT2D eigenvalue weighted by molar-refractivity contribution is -0.151. The molecule has 0 aromatic heterocycles. The molecule has 6 nitrogen and oxygen atoms in total. The molecular formula is C13H13FN2O4. The van der Waals surface area contributed by atoms with Gasteiger partial charge in [-0.25, -0.2) is 4.39 Å². The topological polar surface area (TPSA) is 89.7 Å². The van der Waals surface area contributed by atoms with E-state index >= 15 is 0 Å². The summed E-state index contributed by atoms with van der Waals surface area (Å²) in [4.78, 5) is 35.2. The van der Waals surface area contributed by atoms with Gasteiger partial charge in [-0.05, 0) is 12.1 Å². The van der Waals surface area contributed by atoms with E-state index in [1.807, 2.05) is 0 Å². The third-order valence-electron chi connectivity index (χ3n) is 2.96. The Balaban J connectivity index is 2.06. The smallest absolute Gasteiger partial charge is 0.311 e. The fraction of sp³-hybridized carbons (Fsp3) is 0.308. The van der Waals surface area contributed by atoms with Crippen LogP contribution in [-0.4, -0.2) is 30.9 Å². The van der Waals surface area contributed by atoms with Crippen molar-refractivity contribution in [2.45, 2.75) is 6.42 Å². The van der Waals surface area contributed by atoms with Crippen molar-refractivity contribution in [3.8, 4) is 0 Å². The van der Waals surface area contributed by atoms with E-state index in [9.17, 15) is 18.8 Å². The van der Waals surface area contributed by atoms with Crippen LogP contribution in [-0.2, 0) is 19.1 Å². The normalized spacial score (nSPS) is 18.1. The van der Waals surface area contributed by atoms with E-state index in [2.05, 4.69) is 4.74 Å². The molecule has 0 radical (unpaired) electrons. The van der Waals surface area contributed by atoms with E-state index in [1.54, 1.807) is 6.07 Å². The highest BCUT2D eigenvalue weighted by molar-refractivity contribution is 5.99. The van der Waals surface area contributed by atoms with Gasteiger partial charge in [0.2, 0.25) is 5.91 Å². The summed E-state index contributed by atoms with van der Waals surface area (Å²) >= 11 is 0. The number of hydrogen-bond acceptors (Lipinski definition) is 4. The van der Waals surface area contributed by atoms with Gasteiger partial charge in [0.25, 0.3) is 5.91 Å². The highest BCUT2D eigenvalue weighted by atomic mass is 19.1. The van der Waals surface area contributed by atoms with Crippen molar-refractivity contribution in [1.82, 2.24) is 0 Å². The van der Waals surface area contributed by atoms with Gasteiger partial charge in [0.05, 0.1) is 11.6 Å². The molecule has 2 N–H and O–H groups in total. The molecule has 2 amide bonds. The van der Waals surface area contributed by atoms with Crippen LogP contribution in [0.1, 0.15) is 6.42 Å². The minimum absolute atomic E-state index is 0.0252. The van der Waals surface area contributed by atoms with Crippen molar-refractivity contribution in [2.24, 2.45) is 11.7 Å². The highest BCUT2D eigenvalue weighted by Crippen LogP contribution is 2.27. The van der Waals surface area contributed by atoms with Crippen LogP contribution in [0, 0.1) is 11.7 Å². The molecule has 1 aromatic carbocycles. The molecule has 0 saturated carbocycles. The second-order valence-electron chi connectivity index (χ2n) is 4.43. The molecule has 1 saturated heterocycles. The summed E-state index contributed by atoms with van der Waals surface area (Å²) in [6.07, 6.45) is -0.0775. The van der Waals surface area contributed by atoms with Gasteiger partial charge in [-0.1, -0.05) is 12.1 Å². The maximum atomic E-state index is 13.6. The minimum Gasteiger partial charge on any atom is -0.455 e. The highest BCUT2D eigenvalue weighted by Gasteiger charge is 2.37. The molecule has 1 heterocycles. The van der Waals surface area contributed by atoms with E-state index in [-0.39, 0.29) is 24.6 Å². The Morgan fingerprint density at radius 2 is 2.10 bits per heavy atom. The third kappa shape index (κ3) is 2.93. The van der Waals surface area contributed by atoms with Gasteiger partial charge in [-0.2, -0.15) is 0 Å². The van der Waals surface area contributed by atoms with Gasteiger partial charge in [0, 0.05) is 13.0 Å². The molecule has 106 valence electrons. The number of hydrogen-bond donors (Lipinski definition) is 1. The van der Waals surface area contributed by atoms with Gasteiger partial charge >= 0.3 is 5.97 Å². The minimum atomic E-state index is -0.770. The summed E-state index contributed by atoms with van der Waals surface area (Å²) in [6, 6.07) is 5.81. The number of primary amides is 1. The number of para-hydroxylation sites is 1. The first-order chi connectivity index (χ1) is 9.49. The zero-order valence-corrected chi connectivity index (χ0v) is 10.5. The van der Waals surface area contributed by atoms with Crippen LogP contribution < -0.4 is 10.6 Å². The average Bonchev–Trinajstić information content (AvgIpc) is 2.78. The number of amides is 2. The van der Waals surface area contributed by atoms with E-state index in [0.29, 0.717) is 0 Å². The number of halogens is 1. The van der Waals surface area contributed by atoms with E-state index in [1.165, 1.54) is 23.1 Å². The Bertz CT molecular complexity index is 561. The first-order valence-corrected chi connectivity index (χ1v) is 5.99. The monoisotopic (exact) mass is 280 g/mol. The van der Waals surface area contributed by atoms with Crippen LogP contribution in [0.4, 0.5) is 10.1 Å². The maximum absolute atomic E-state index is 13.6. The number of carbonyl (C=O) groups is 3. The predicted molar refractivity (Wildman–Crippen MR) is 67.0 cm³/mol. The number of esters is 1. The lowest BCUT2D eigenvalue weighted by Gasteiger charge is -2.16. The molecule has 2 rings (SSSR count). The third-order valence-corrected chi connectivity index (χ3v) is 2.96. The summed E-state index contributed by atoms with van der Waals surface area (Å²) in [5, 5.41) is 0. The van der Waals surface area contributed by atoms with Crippen molar-refractivity contribution in [3.05, 3.63) is 30.1 Å². The average molecular weight is 280 g/mol. The Hall–Kier alpha value is -2.44. The number of nitrogens with zero attached hydrogens (tertiary/aromatic N) is 1. The number of nitrogens with two attached hydrogens (primary N) is 1. The van der Waals surface area contributed by atoms with Crippen molar-refractivity contribution in [2.75, 3.05) is 18.1 Å². The van der Waals surface area contributed by atoms with Crippen LogP contribution in [0.2, 0.25) is 0 Å². The fourth-order valence-electron chi connectivity index (χ4n) is 2.03. The molecule has 0 aliphatic carbocycles. The van der Waals surface area contributed by atoms with Gasteiger partial charge < -0.3 is 15.4 Å². The summed E-state index contributed by atoms with van der Waals surface area (Å²) in [5.41, 5.74) is 4.99. The Morgan fingerprint density at radius 3 is 2.75 bits per heavy atom. The van der Waals surface area contributed by atoms with E-state index < -0.39 is 30.2 Å². The lowest BCUT2D eigenvalue weighted by Crippen LogP contribution is -2.28. The van der Waals surface area contributed by atoms with Gasteiger partial charge in [0.1, 0.15) is 5.82 Å². The number of ether oxygens (including phenoxy) is 1. The van der Waals surface area contributed by atoms with Gasteiger partial charge in [-0.15, -0.1) is 0 Å². The molecule has 1 aliphatic rings. The largest absolute Gasteiger partial charge is 0.455 e. The quantitative estimate of drug-likeness (QED) is 0.798. The number of rotatable bonds is 4. The number of anilines is 1. The first kappa shape index (κ1) is 14.0. The molecule has 1 aliphatic heterocycles. The molecule has 20 heavy (non-hydrogen) atoms. The predicted octanol–water partition coefficient (Wildman–Crippen LogP) is 0.207. The summed E-state index contributed by atoms with van der Waals surface area (Å²) in [7, 11) is 0. The lowest BCUT2D eigenvalue weighted by atomic mass is 10.1. The fourth-order valence-corrected chi connectivity index (χ4v) is 2.03. The van der Waals surface area contributed by atoms with Crippen LogP contribution in [0.25, 0.3) is 0 Å². The zero-order valence-electron chi connectivity index (χ0n) is 10.5. The van der Waals surface area contributed by atoms with Crippen molar-refractivity contribution in [3.63, 3.8) is 0 Å². The molecule has 7 heteroatoms. The summed E-state index contributed by atoms with van der Waals surface area (Å²) < 4.78 is 18.3. The summed E-state index contributed by atoms with van der Waals surface area (Å²) in [6.45, 7) is -0.499. The van der Waals surface area contributed by atoms with Crippen molar-refractivity contribution >= 4 is 23.5 Å². The van der Waals surface area contributed by atoms with E-state index in [4.69, 9.17) is 5.73 Å². The number of benzene rings is 1. The van der Waals surface area contributed by atoms with Gasteiger partial charge in [-0.3, -0.25) is 14.4 Å². The van der Waals surface area contributed by atoms with Crippen LogP contribution in [0.3, 0.4) is 0 Å². The Labute approximate surface area is 114 Å². The molecule has 1 aromatic rings. The standard InChI is InChI=1S/C13H13FN2O4/c14-9-3-1-2-4-10(9)16-6-8(5-12(16)18)13(19)20-7-11(15)17/h1-4,8H,5-7H2,(H2,15,17)/t8-/m1/s1. The SMILES string of the molecule is NC(=O)COC(=O)[C@@H]1CC(=O)N(c2ccccc2F)C1. The maximum Gasteiger partial charge on any atom is 0.311 e. The van der Waals surface area contributed by atoms with Crippen LogP contribution in [0.15, 0.2) is 24.3 Å². The second kappa shape index (κ2) is 5.68. The van der Waals surface area contributed by atoms with Gasteiger partial charge in [0.15, 0.2) is 6.61 Å². The Kier molecular flexibility index (Phi) is 3.97. The Morgan fingerprint density at radius 1 is 1.40 bits per heavy atom. The first-order valence-electron chi connectivity index (χ1n) is 5.99. The molecule has 1 fully saturated rings. The number of carbonyl (C=O) groups excluding carboxylic acids is 3. The van der Waals surface area contributed by atoms with E-state index in [0.717, 1.165) is 0 Å². The molecule has 0 unspecified atom stereocenters. The van der Waals surface area contributed by atoms with Crippen LogP contribution in [0.5, 0.6) is 0 Å². The molecule has 0 spiro atoms. The zero-order chi connectivity index (χ0) is 14.7. The molecule has 0 bridgehead atoms. The summed E-state index contributed by atoms with van der Waals surface area (Å²) in [5.74, 6) is -3.07. The van der Waals surface area contributed by atoms with Crippen LogP contribution >= 0.6 is 0 Å². The molecule has 1 atom stereocenters. The second-order valence-corrected chi connectivity index (χ2v) is 4.43. The molecular weight excluding hydrogens is 267 g/mol.